The second kappa shape index (κ2) is 18.7. The molecule has 0 spiro atoms. The summed E-state index contributed by atoms with van der Waals surface area (Å²) in [5.41, 5.74) is -1.12. The van der Waals surface area contributed by atoms with Crippen molar-refractivity contribution >= 4 is 59.4 Å². The lowest BCUT2D eigenvalue weighted by atomic mass is 9.94. The molecule has 3 aliphatic rings. The van der Waals surface area contributed by atoms with Gasteiger partial charge in [0.05, 0.1) is 11.1 Å². The van der Waals surface area contributed by atoms with Crippen LogP contribution in [0.1, 0.15) is 62.3 Å². The first-order valence-electron chi connectivity index (χ1n) is 17.7. The van der Waals surface area contributed by atoms with Crippen molar-refractivity contribution in [2.45, 2.75) is 107 Å². The summed E-state index contributed by atoms with van der Waals surface area (Å²) in [6.45, 7) is 5.36. The van der Waals surface area contributed by atoms with Crippen molar-refractivity contribution in [1.29, 1.82) is 0 Å². The standard InChI is InChI=1S/C38H41NO17S/c1-18(40)48-16-27-31(51-21(4)43)33(52-22(5)44)34(53-23(6)45)37(54-27)56-32-29(39-35(46)25-14-10-11-15-26(25)36(39)47)38(57-24-12-8-7-9-13-24)55-28(17-49-19(2)41)30(32)50-20(3)42/h7-15,27-34,37-38H,16-17H2,1-6H3/t27-,28-,29-,30-,31+,32-,33+,34-,37+,38+/m1/s1. The number of hydrogen-bond acceptors (Lipinski definition) is 18. The molecular formula is C38H41NO17S. The Morgan fingerprint density at radius 2 is 1.00 bits per heavy atom. The number of thioether (sulfide) groups is 1. The van der Waals surface area contributed by atoms with Crippen LogP contribution in [0.4, 0.5) is 0 Å². The maximum Gasteiger partial charge on any atom is 0.303 e. The number of esters is 6. The molecule has 57 heavy (non-hydrogen) atoms. The highest BCUT2D eigenvalue weighted by atomic mass is 32.2. The Morgan fingerprint density at radius 3 is 1.49 bits per heavy atom. The molecule has 18 nitrogen and oxygen atoms in total. The van der Waals surface area contributed by atoms with E-state index >= 15 is 0 Å². The minimum absolute atomic E-state index is 0.0584. The summed E-state index contributed by atoms with van der Waals surface area (Å²) in [5, 5.41) is 0. The van der Waals surface area contributed by atoms with Crippen molar-refractivity contribution in [2.75, 3.05) is 13.2 Å². The molecule has 0 saturated carbocycles. The van der Waals surface area contributed by atoms with Crippen LogP contribution in [0.25, 0.3) is 0 Å². The lowest BCUT2D eigenvalue weighted by molar-refractivity contribution is -0.335. The van der Waals surface area contributed by atoms with Gasteiger partial charge >= 0.3 is 35.8 Å². The number of hydrogen-bond donors (Lipinski definition) is 0. The summed E-state index contributed by atoms with van der Waals surface area (Å²) in [7, 11) is 0. The molecule has 0 aromatic heterocycles. The Morgan fingerprint density at radius 1 is 0.561 bits per heavy atom. The van der Waals surface area contributed by atoms with Crippen molar-refractivity contribution in [3.63, 3.8) is 0 Å². The average molecular weight is 816 g/mol. The van der Waals surface area contributed by atoms with Crippen LogP contribution in [-0.2, 0) is 71.4 Å². The summed E-state index contributed by atoms with van der Waals surface area (Å²) >= 11 is 1.07. The third-order valence-corrected chi connectivity index (χ3v) is 9.89. The SMILES string of the molecule is CC(=O)OC[C@H]1O[C@@H](O[C@H]2[C@H](OC(C)=O)[C@@H](COC(C)=O)O[C@@H](Sc3ccccc3)[C@@H]2N2C(=O)c3ccccc3C2=O)[C@H](OC(C)=O)[C@@H](OC(C)=O)[C@H]1OC(C)=O. The summed E-state index contributed by atoms with van der Waals surface area (Å²) < 4.78 is 52.3. The monoisotopic (exact) mass is 815 g/mol. The highest BCUT2D eigenvalue weighted by Crippen LogP contribution is 2.42. The van der Waals surface area contributed by atoms with Crippen LogP contribution in [0.5, 0.6) is 0 Å². The largest absolute Gasteiger partial charge is 0.463 e. The molecule has 0 radical (unpaired) electrons. The fraction of sp³-hybridized carbons (Fsp3) is 0.474. The third-order valence-electron chi connectivity index (χ3n) is 8.73. The molecule has 2 aromatic rings. The highest BCUT2D eigenvalue weighted by Gasteiger charge is 2.60. The zero-order valence-electron chi connectivity index (χ0n) is 31.7. The quantitative estimate of drug-likeness (QED) is 0.160. The number of imide groups is 1. The van der Waals surface area contributed by atoms with Crippen LogP contribution in [0.2, 0.25) is 0 Å². The predicted molar refractivity (Wildman–Crippen MR) is 191 cm³/mol. The van der Waals surface area contributed by atoms with Gasteiger partial charge in [0.25, 0.3) is 11.8 Å². The molecule has 0 unspecified atom stereocenters. The van der Waals surface area contributed by atoms with Crippen LogP contribution >= 0.6 is 11.8 Å². The van der Waals surface area contributed by atoms with Crippen molar-refractivity contribution in [1.82, 2.24) is 4.90 Å². The Kier molecular flexibility index (Phi) is 14.0. The normalized spacial score (nSPS) is 28.1. The first-order valence-corrected chi connectivity index (χ1v) is 18.5. The Hall–Kier alpha value is -5.37. The molecule has 0 N–H and O–H groups in total. The molecule has 3 heterocycles. The topological polar surface area (TPSA) is 223 Å². The highest BCUT2D eigenvalue weighted by molar-refractivity contribution is 7.99. The molecular weight excluding hydrogens is 774 g/mol. The minimum atomic E-state index is -1.86. The van der Waals surface area contributed by atoms with Gasteiger partial charge in [-0.05, 0) is 24.3 Å². The minimum Gasteiger partial charge on any atom is -0.463 e. The first-order chi connectivity index (χ1) is 27.0. The Balaban J connectivity index is 1.71. The van der Waals surface area contributed by atoms with Gasteiger partial charge in [-0.25, -0.2) is 0 Å². The Labute approximate surface area is 330 Å². The number of amides is 2. The predicted octanol–water partition coefficient (Wildman–Crippen LogP) is 2.13. The molecule has 0 bridgehead atoms. The van der Waals surface area contributed by atoms with E-state index in [0.717, 1.165) is 58.2 Å². The maximum absolute atomic E-state index is 14.3. The average Bonchev–Trinajstić information content (AvgIpc) is 3.38. The van der Waals surface area contributed by atoms with Gasteiger partial charge in [0, 0.05) is 46.4 Å². The van der Waals surface area contributed by atoms with E-state index in [4.69, 9.17) is 42.6 Å². The first kappa shape index (κ1) is 42.8. The number of rotatable bonds is 13. The van der Waals surface area contributed by atoms with E-state index < -0.39 is 121 Å². The van der Waals surface area contributed by atoms with Gasteiger partial charge in [-0.2, -0.15) is 0 Å². The van der Waals surface area contributed by atoms with E-state index in [9.17, 15) is 38.4 Å². The number of nitrogens with zero attached hydrogens (tertiary/aromatic N) is 1. The number of benzene rings is 2. The van der Waals surface area contributed by atoms with Crippen molar-refractivity contribution in [3.8, 4) is 0 Å². The van der Waals surface area contributed by atoms with Gasteiger partial charge in [-0.15, -0.1) is 0 Å². The smallest absolute Gasteiger partial charge is 0.303 e. The van der Waals surface area contributed by atoms with E-state index in [1.165, 1.54) is 12.1 Å². The molecule has 2 amide bonds. The number of carbonyl (C=O) groups excluding carboxylic acids is 8. The lowest BCUT2D eigenvalue weighted by Crippen LogP contribution is -2.69. The van der Waals surface area contributed by atoms with E-state index in [-0.39, 0.29) is 11.1 Å². The van der Waals surface area contributed by atoms with Crippen LogP contribution in [-0.4, -0.2) is 126 Å². The van der Waals surface area contributed by atoms with E-state index in [1.807, 2.05) is 0 Å². The van der Waals surface area contributed by atoms with E-state index in [1.54, 1.807) is 42.5 Å². The van der Waals surface area contributed by atoms with Gasteiger partial charge in [-0.1, -0.05) is 42.1 Å². The third kappa shape index (κ3) is 10.3. The van der Waals surface area contributed by atoms with Gasteiger partial charge in [-0.3, -0.25) is 43.3 Å². The lowest BCUT2D eigenvalue weighted by Gasteiger charge is -2.50. The summed E-state index contributed by atoms with van der Waals surface area (Å²) in [4.78, 5) is 104. The second-order valence-corrected chi connectivity index (χ2v) is 14.2. The Bertz CT molecular complexity index is 1840. The molecule has 306 valence electrons. The van der Waals surface area contributed by atoms with Gasteiger partial charge in [0.1, 0.15) is 43.0 Å². The molecule has 2 aromatic carbocycles. The van der Waals surface area contributed by atoms with Crippen molar-refractivity contribution in [3.05, 3.63) is 65.7 Å². The second-order valence-electron chi connectivity index (χ2n) is 13.0. The van der Waals surface area contributed by atoms with Gasteiger partial charge < -0.3 is 42.6 Å². The van der Waals surface area contributed by atoms with Crippen LogP contribution in [0.3, 0.4) is 0 Å². The molecule has 3 aliphatic heterocycles. The molecule has 5 rings (SSSR count). The van der Waals surface area contributed by atoms with Crippen LogP contribution in [0.15, 0.2) is 59.5 Å². The van der Waals surface area contributed by atoms with Crippen molar-refractivity contribution < 1.29 is 81.0 Å². The van der Waals surface area contributed by atoms with Crippen LogP contribution in [0, 0.1) is 0 Å². The van der Waals surface area contributed by atoms with Gasteiger partial charge in [0.15, 0.2) is 30.7 Å². The summed E-state index contributed by atoms with van der Waals surface area (Å²) in [6, 6.07) is 13.3. The number of ether oxygens (including phenoxy) is 9. The number of carbonyl (C=O) groups is 8. The maximum atomic E-state index is 14.3. The van der Waals surface area contributed by atoms with Gasteiger partial charge in [0.2, 0.25) is 0 Å². The molecule has 0 aliphatic carbocycles. The zero-order chi connectivity index (χ0) is 41.6. The summed E-state index contributed by atoms with van der Waals surface area (Å²) in [5.74, 6) is -6.56. The molecule has 19 heteroatoms. The zero-order valence-corrected chi connectivity index (χ0v) is 32.5. The van der Waals surface area contributed by atoms with E-state index in [2.05, 4.69) is 0 Å². The van der Waals surface area contributed by atoms with Crippen LogP contribution < -0.4 is 0 Å². The molecule has 10 atom stereocenters. The van der Waals surface area contributed by atoms with E-state index in [0.29, 0.717) is 4.90 Å². The fourth-order valence-corrected chi connectivity index (χ4v) is 7.85. The molecule has 2 saturated heterocycles. The summed E-state index contributed by atoms with van der Waals surface area (Å²) in [6.07, 6.45) is -12.8. The molecule has 2 fully saturated rings. The van der Waals surface area contributed by atoms with Crippen molar-refractivity contribution in [2.24, 2.45) is 0 Å². The number of fused-ring (bicyclic) bond motifs is 1. The fourth-order valence-electron chi connectivity index (χ4n) is 6.65.